The van der Waals surface area contributed by atoms with Gasteiger partial charge in [-0.2, -0.15) is 0 Å². The van der Waals surface area contributed by atoms with E-state index in [0.717, 1.165) is 32.1 Å². The van der Waals surface area contributed by atoms with Crippen molar-refractivity contribution in [2.24, 2.45) is 0 Å². The zero-order chi connectivity index (χ0) is 14.7. The average molecular weight is 307 g/mol. The van der Waals surface area contributed by atoms with E-state index in [9.17, 15) is 0 Å². The van der Waals surface area contributed by atoms with Crippen LogP contribution in [0.2, 0.25) is 0 Å². The molecule has 1 aliphatic heterocycles. The molecule has 2 heterocycles. The van der Waals surface area contributed by atoms with E-state index >= 15 is 0 Å². The Labute approximate surface area is 131 Å². The summed E-state index contributed by atoms with van der Waals surface area (Å²) in [6.45, 7) is 6.06. The third-order valence-corrected chi connectivity index (χ3v) is 4.78. The average Bonchev–Trinajstić information content (AvgIpc) is 3.01. The predicted octanol–water partition coefficient (Wildman–Crippen LogP) is 3.58. The standard InChI is InChI=1S/C16H25N3OS/c1-2-7-19-8-9-20-14(11-19)16-17-13(10-15(21)18-16)12-5-3-4-6-12/h10,12,14H,2-9,11H2,1H3,(H,17,18,21). The molecule has 0 aromatic carbocycles. The van der Waals surface area contributed by atoms with Gasteiger partial charge in [0.15, 0.2) is 0 Å². The number of hydrogen-bond acceptors (Lipinski definition) is 4. The van der Waals surface area contributed by atoms with Crippen molar-refractivity contribution in [2.45, 2.75) is 51.0 Å². The first-order valence-electron chi connectivity index (χ1n) is 8.21. The first-order valence-corrected chi connectivity index (χ1v) is 8.62. The lowest BCUT2D eigenvalue weighted by atomic mass is 10.0. The van der Waals surface area contributed by atoms with Crippen molar-refractivity contribution in [2.75, 3.05) is 26.2 Å². The molecule has 1 saturated carbocycles. The zero-order valence-corrected chi connectivity index (χ0v) is 13.6. The second kappa shape index (κ2) is 6.99. The van der Waals surface area contributed by atoms with E-state index in [-0.39, 0.29) is 6.10 Å². The van der Waals surface area contributed by atoms with E-state index in [4.69, 9.17) is 17.0 Å². The monoisotopic (exact) mass is 307 g/mol. The molecule has 2 fully saturated rings. The van der Waals surface area contributed by atoms with E-state index in [2.05, 4.69) is 21.8 Å². The molecule has 1 aliphatic carbocycles. The zero-order valence-electron chi connectivity index (χ0n) is 12.8. The van der Waals surface area contributed by atoms with E-state index in [1.165, 1.54) is 37.8 Å². The van der Waals surface area contributed by atoms with Crippen molar-refractivity contribution in [1.82, 2.24) is 14.9 Å². The van der Waals surface area contributed by atoms with Gasteiger partial charge in [0.2, 0.25) is 0 Å². The first kappa shape index (κ1) is 15.1. The molecule has 2 aliphatic rings. The lowest BCUT2D eigenvalue weighted by Crippen LogP contribution is -2.39. The molecule has 1 N–H and O–H groups in total. The molecule has 1 aromatic heterocycles. The summed E-state index contributed by atoms with van der Waals surface area (Å²) in [5.41, 5.74) is 1.26. The highest BCUT2D eigenvalue weighted by molar-refractivity contribution is 7.71. The van der Waals surface area contributed by atoms with Crippen molar-refractivity contribution in [1.29, 1.82) is 0 Å². The van der Waals surface area contributed by atoms with Crippen LogP contribution in [-0.2, 0) is 4.74 Å². The number of rotatable bonds is 4. The molecule has 1 atom stereocenters. The van der Waals surface area contributed by atoms with Crippen molar-refractivity contribution >= 4 is 12.2 Å². The fraction of sp³-hybridized carbons (Fsp3) is 0.750. The van der Waals surface area contributed by atoms with Gasteiger partial charge in [0.1, 0.15) is 16.6 Å². The minimum absolute atomic E-state index is 0.0355. The molecule has 1 saturated heterocycles. The van der Waals surface area contributed by atoms with E-state index in [0.29, 0.717) is 10.6 Å². The van der Waals surface area contributed by atoms with Crippen molar-refractivity contribution in [3.8, 4) is 0 Å². The molecule has 5 heteroatoms. The topological polar surface area (TPSA) is 41.1 Å². The van der Waals surface area contributed by atoms with Gasteiger partial charge in [0.05, 0.1) is 6.61 Å². The largest absolute Gasteiger partial charge is 0.368 e. The first-order chi connectivity index (χ1) is 10.3. The summed E-state index contributed by atoms with van der Waals surface area (Å²) in [5.74, 6) is 1.55. The summed E-state index contributed by atoms with van der Waals surface area (Å²) in [7, 11) is 0. The number of aromatic nitrogens is 2. The summed E-state index contributed by atoms with van der Waals surface area (Å²) in [4.78, 5) is 10.5. The second-order valence-electron chi connectivity index (χ2n) is 6.20. The van der Waals surface area contributed by atoms with Crippen LogP contribution in [-0.4, -0.2) is 41.1 Å². The van der Waals surface area contributed by atoms with Crippen LogP contribution in [0, 0.1) is 4.64 Å². The molecule has 1 aromatic rings. The highest BCUT2D eigenvalue weighted by atomic mass is 32.1. The Balaban J connectivity index is 1.79. The quantitative estimate of drug-likeness (QED) is 0.863. The van der Waals surface area contributed by atoms with Crippen LogP contribution in [0.1, 0.15) is 62.6 Å². The third kappa shape index (κ3) is 3.71. The molecule has 116 valence electrons. The van der Waals surface area contributed by atoms with Crippen molar-refractivity contribution in [3.63, 3.8) is 0 Å². The maximum Gasteiger partial charge on any atom is 0.138 e. The van der Waals surface area contributed by atoms with Gasteiger partial charge in [-0.1, -0.05) is 32.0 Å². The molecule has 4 nitrogen and oxygen atoms in total. The highest BCUT2D eigenvalue weighted by Gasteiger charge is 2.25. The van der Waals surface area contributed by atoms with E-state index in [1.54, 1.807) is 0 Å². The Morgan fingerprint density at radius 1 is 1.43 bits per heavy atom. The molecule has 1 unspecified atom stereocenters. The predicted molar refractivity (Wildman–Crippen MR) is 86.1 cm³/mol. The second-order valence-corrected chi connectivity index (χ2v) is 6.62. The van der Waals surface area contributed by atoms with Crippen LogP contribution in [0.15, 0.2) is 6.07 Å². The molecule has 0 radical (unpaired) electrons. The summed E-state index contributed by atoms with van der Waals surface area (Å²) in [6.07, 6.45) is 6.40. The molecule has 0 amide bonds. The van der Waals surface area contributed by atoms with Gasteiger partial charge in [-0.3, -0.25) is 4.90 Å². The minimum Gasteiger partial charge on any atom is -0.368 e. The number of morpholine rings is 1. The van der Waals surface area contributed by atoms with Crippen molar-refractivity contribution in [3.05, 3.63) is 22.2 Å². The minimum atomic E-state index is 0.0355. The Kier molecular flexibility index (Phi) is 5.03. The molecular formula is C16H25N3OS. The fourth-order valence-corrected chi connectivity index (χ4v) is 3.72. The Morgan fingerprint density at radius 2 is 2.24 bits per heavy atom. The summed E-state index contributed by atoms with van der Waals surface area (Å²) < 4.78 is 6.63. The van der Waals surface area contributed by atoms with Crippen LogP contribution < -0.4 is 0 Å². The number of nitrogens with one attached hydrogen (secondary N) is 1. The Morgan fingerprint density at radius 3 is 3.00 bits per heavy atom. The third-order valence-electron chi connectivity index (χ3n) is 4.57. The van der Waals surface area contributed by atoms with Crippen LogP contribution in [0.25, 0.3) is 0 Å². The van der Waals surface area contributed by atoms with E-state index < -0.39 is 0 Å². The number of aromatic amines is 1. The van der Waals surface area contributed by atoms with Crippen LogP contribution >= 0.6 is 12.2 Å². The van der Waals surface area contributed by atoms with Crippen LogP contribution in [0.3, 0.4) is 0 Å². The lowest BCUT2D eigenvalue weighted by Gasteiger charge is -2.32. The SMILES string of the molecule is CCCN1CCOC(c2nc(=S)cc(C3CCCC3)[nH]2)C1. The van der Waals surface area contributed by atoms with Gasteiger partial charge in [0.25, 0.3) is 0 Å². The maximum absolute atomic E-state index is 5.93. The maximum atomic E-state index is 5.93. The molecule has 0 spiro atoms. The number of hydrogen-bond donors (Lipinski definition) is 1. The van der Waals surface area contributed by atoms with Gasteiger partial charge in [-0.15, -0.1) is 0 Å². The van der Waals surface area contributed by atoms with Gasteiger partial charge in [0, 0.05) is 18.8 Å². The molecule has 0 bridgehead atoms. The van der Waals surface area contributed by atoms with Gasteiger partial charge < -0.3 is 9.72 Å². The lowest BCUT2D eigenvalue weighted by molar-refractivity contribution is -0.0343. The summed E-state index contributed by atoms with van der Waals surface area (Å²) in [6, 6.07) is 2.04. The summed E-state index contributed by atoms with van der Waals surface area (Å²) in [5, 5.41) is 0. The van der Waals surface area contributed by atoms with Crippen LogP contribution in [0.5, 0.6) is 0 Å². The molecule has 3 rings (SSSR count). The van der Waals surface area contributed by atoms with E-state index in [1.807, 2.05) is 6.07 Å². The Bertz CT molecular complexity index is 522. The smallest absolute Gasteiger partial charge is 0.138 e. The normalized spacial score (nSPS) is 24.5. The molecular weight excluding hydrogens is 282 g/mol. The number of ether oxygens (including phenoxy) is 1. The summed E-state index contributed by atoms with van der Waals surface area (Å²) >= 11 is 5.37. The number of H-pyrrole nitrogens is 1. The van der Waals surface area contributed by atoms with Crippen LogP contribution in [0.4, 0.5) is 0 Å². The van der Waals surface area contributed by atoms with Crippen molar-refractivity contribution < 1.29 is 4.74 Å². The highest BCUT2D eigenvalue weighted by Crippen LogP contribution is 2.33. The van der Waals surface area contributed by atoms with Gasteiger partial charge >= 0.3 is 0 Å². The van der Waals surface area contributed by atoms with Gasteiger partial charge in [-0.05, 0) is 37.8 Å². The number of nitrogens with zero attached hydrogens (tertiary/aromatic N) is 2. The fourth-order valence-electron chi connectivity index (χ4n) is 3.49. The molecule has 21 heavy (non-hydrogen) atoms. The Hall–Kier alpha value is -0.780. The van der Waals surface area contributed by atoms with Gasteiger partial charge in [-0.25, -0.2) is 4.98 Å².